The van der Waals surface area contributed by atoms with E-state index in [9.17, 15) is 14.5 Å². The summed E-state index contributed by atoms with van der Waals surface area (Å²) in [5.41, 5.74) is 0.670. The van der Waals surface area contributed by atoms with Crippen molar-refractivity contribution in [3.05, 3.63) is 57.9 Å². The molecule has 1 aromatic carbocycles. The lowest BCUT2D eigenvalue weighted by Gasteiger charge is -2.08. The Morgan fingerprint density at radius 2 is 2.19 bits per heavy atom. The third-order valence-corrected chi connectivity index (χ3v) is 2.85. The van der Waals surface area contributed by atoms with Gasteiger partial charge in [0.25, 0.3) is 0 Å². The predicted octanol–water partition coefficient (Wildman–Crippen LogP) is 2.79. The minimum Gasteiger partial charge on any atom is -0.481 e. The second-order valence-corrected chi connectivity index (χ2v) is 4.29. The van der Waals surface area contributed by atoms with Gasteiger partial charge in [0.05, 0.1) is 12.0 Å². The van der Waals surface area contributed by atoms with Crippen molar-refractivity contribution in [1.29, 1.82) is 0 Å². The predicted molar refractivity (Wildman–Crippen MR) is 76.0 cm³/mol. The number of rotatable bonds is 6. The number of aromatic nitrogens is 1. The Morgan fingerprint density at radius 1 is 1.38 bits per heavy atom. The molecule has 2 aromatic rings. The van der Waals surface area contributed by atoms with Crippen LogP contribution in [0.25, 0.3) is 0 Å². The molecule has 7 heteroatoms. The van der Waals surface area contributed by atoms with Crippen LogP contribution in [0.5, 0.6) is 5.88 Å². The van der Waals surface area contributed by atoms with E-state index in [0.29, 0.717) is 13.0 Å². The Hall–Kier alpha value is -2.70. The summed E-state index contributed by atoms with van der Waals surface area (Å²) in [7, 11) is 1.44. The number of pyridine rings is 1. The third kappa shape index (κ3) is 3.88. The number of nitrogens with zero attached hydrogens (tertiary/aromatic N) is 2. The number of benzene rings is 1. The maximum Gasteiger partial charge on any atom is 0.311 e. The smallest absolute Gasteiger partial charge is 0.311 e. The molecule has 0 radical (unpaired) electrons. The van der Waals surface area contributed by atoms with Gasteiger partial charge < -0.3 is 10.1 Å². The molecule has 0 saturated heterocycles. The number of anilines is 1. The first-order chi connectivity index (χ1) is 10.1. The first kappa shape index (κ1) is 14.7. The van der Waals surface area contributed by atoms with E-state index in [-0.39, 0.29) is 23.2 Å². The van der Waals surface area contributed by atoms with Crippen molar-refractivity contribution in [2.75, 3.05) is 19.0 Å². The summed E-state index contributed by atoms with van der Waals surface area (Å²) in [5.74, 6) is 0.114. The molecule has 110 valence electrons. The molecule has 0 saturated carbocycles. The number of nitrogens with one attached hydrogen (secondary N) is 1. The van der Waals surface area contributed by atoms with Crippen molar-refractivity contribution in [1.82, 2.24) is 4.98 Å². The lowest BCUT2D eigenvalue weighted by molar-refractivity contribution is -0.384. The molecule has 0 atom stereocenters. The molecule has 2 rings (SSSR count). The van der Waals surface area contributed by atoms with E-state index in [1.54, 1.807) is 12.1 Å². The Morgan fingerprint density at radius 3 is 2.86 bits per heavy atom. The van der Waals surface area contributed by atoms with Gasteiger partial charge in [-0.05, 0) is 24.1 Å². The Kier molecular flexibility index (Phi) is 4.65. The third-order valence-electron chi connectivity index (χ3n) is 2.85. The van der Waals surface area contributed by atoms with Gasteiger partial charge in [-0.2, -0.15) is 4.98 Å². The van der Waals surface area contributed by atoms with E-state index in [0.717, 1.165) is 5.56 Å². The minimum atomic E-state index is -0.517. The van der Waals surface area contributed by atoms with Crippen molar-refractivity contribution in [3.8, 4) is 5.88 Å². The van der Waals surface area contributed by atoms with Crippen molar-refractivity contribution >= 4 is 11.5 Å². The maximum atomic E-state index is 13.0. The zero-order valence-electron chi connectivity index (χ0n) is 11.4. The van der Waals surface area contributed by atoms with Gasteiger partial charge in [-0.3, -0.25) is 10.1 Å². The SMILES string of the molecule is COc1ccc([N+](=O)[O-])c(NCCc2cccc(F)c2)n1. The molecule has 0 amide bonds. The highest BCUT2D eigenvalue weighted by atomic mass is 19.1. The van der Waals surface area contributed by atoms with Crippen LogP contribution in [0.15, 0.2) is 36.4 Å². The van der Waals surface area contributed by atoms with Crippen LogP contribution in [-0.4, -0.2) is 23.6 Å². The molecule has 6 nitrogen and oxygen atoms in total. The van der Waals surface area contributed by atoms with Crippen LogP contribution >= 0.6 is 0 Å². The Balaban J connectivity index is 2.06. The molecule has 0 fully saturated rings. The van der Waals surface area contributed by atoms with E-state index in [1.165, 1.54) is 31.4 Å². The minimum absolute atomic E-state index is 0.130. The number of ether oxygens (including phenoxy) is 1. The zero-order chi connectivity index (χ0) is 15.2. The number of hydrogen-bond donors (Lipinski definition) is 1. The number of nitro groups is 1. The highest BCUT2D eigenvalue weighted by Gasteiger charge is 2.15. The zero-order valence-corrected chi connectivity index (χ0v) is 11.4. The summed E-state index contributed by atoms with van der Waals surface area (Å²) in [6, 6.07) is 8.96. The quantitative estimate of drug-likeness (QED) is 0.654. The average Bonchev–Trinajstić information content (AvgIpc) is 2.47. The summed E-state index contributed by atoms with van der Waals surface area (Å²) in [6.45, 7) is 0.393. The van der Waals surface area contributed by atoms with E-state index >= 15 is 0 Å². The fraction of sp³-hybridized carbons (Fsp3) is 0.214. The summed E-state index contributed by atoms with van der Waals surface area (Å²) in [4.78, 5) is 14.4. The molecular formula is C14H14FN3O3. The van der Waals surface area contributed by atoms with Crippen LogP contribution < -0.4 is 10.1 Å². The highest BCUT2D eigenvalue weighted by molar-refractivity contribution is 5.57. The summed E-state index contributed by atoms with van der Waals surface area (Å²) < 4.78 is 18.0. The van der Waals surface area contributed by atoms with Crippen LogP contribution in [0.1, 0.15) is 5.56 Å². The van der Waals surface area contributed by atoms with Crippen LogP contribution in [0.3, 0.4) is 0 Å². The van der Waals surface area contributed by atoms with Gasteiger partial charge in [-0.1, -0.05) is 12.1 Å². The Bertz CT molecular complexity index is 649. The normalized spacial score (nSPS) is 10.2. The molecule has 1 N–H and O–H groups in total. The molecule has 0 aliphatic heterocycles. The summed E-state index contributed by atoms with van der Waals surface area (Å²) >= 11 is 0. The van der Waals surface area contributed by atoms with Crippen LogP contribution in [0, 0.1) is 15.9 Å². The number of methoxy groups -OCH3 is 1. The van der Waals surface area contributed by atoms with Gasteiger partial charge >= 0.3 is 5.69 Å². The van der Waals surface area contributed by atoms with Crippen molar-refractivity contribution in [2.45, 2.75) is 6.42 Å². The molecule has 0 aliphatic rings. The lowest BCUT2D eigenvalue weighted by atomic mass is 10.1. The molecule has 0 unspecified atom stereocenters. The van der Waals surface area contributed by atoms with Gasteiger partial charge in [0.2, 0.25) is 11.7 Å². The van der Waals surface area contributed by atoms with Gasteiger partial charge in [0.1, 0.15) is 5.82 Å². The topological polar surface area (TPSA) is 77.3 Å². The monoisotopic (exact) mass is 291 g/mol. The van der Waals surface area contributed by atoms with Crippen molar-refractivity contribution in [3.63, 3.8) is 0 Å². The van der Waals surface area contributed by atoms with Gasteiger partial charge in [0.15, 0.2) is 0 Å². The molecule has 21 heavy (non-hydrogen) atoms. The molecule has 0 bridgehead atoms. The second kappa shape index (κ2) is 6.65. The number of halogens is 1. The van der Waals surface area contributed by atoms with Crippen LogP contribution in [-0.2, 0) is 6.42 Å². The van der Waals surface area contributed by atoms with Crippen molar-refractivity contribution < 1.29 is 14.1 Å². The first-order valence-electron chi connectivity index (χ1n) is 6.28. The molecule has 1 heterocycles. The van der Waals surface area contributed by atoms with Gasteiger partial charge in [-0.25, -0.2) is 4.39 Å². The molecule has 0 spiro atoms. The van der Waals surface area contributed by atoms with Crippen LogP contribution in [0.4, 0.5) is 15.9 Å². The summed E-state index contributed by atoms with van der Waals surface area (Å²) in [6.07, 6.45) is 0.522. The molecule has 1 aromatic heterocycles. The highest BCUT2D eigenvalue weighted by Crippen LogP contribution is 2.24. The second-order valence-electron chi connectivity index (χ2n) is 4.29. The largest absolute Gasteiger partial charge is 0.481 e. The Labute approximate surface area is 120 Å². The van der Waals surface area contributed by atoms with Gasteiger partial charge in [-0.15, -0.1) is 0 Å². The van der Waals surface area contributed by atoms with E-state index in [2.05, 4.69) is 10.3 Å². The molecular weight excluding hydrogens is 277 g/mol. The van der Waals surface area contributed by atoms with Gasteiger partial charge in [0, 0.05) is 18.7 Å². The van der Waals surface area contributed by atoms with Crippen LogP contribution in [0.2, 0.25) is 0 Å². The van der Waals surface area contributed by atoms with Crippen molar-refractivity contribution in [2.24, 2.45) is 0 Å². The fourth-order valence-electron chi connectivity index (χ4n) is 1.84. The lowest BCUT2D eigenvalue weighted by Crippen LogP contribution is -2.09. The first-order valence-corrected chi connectivity index (χ1v) is 6.28. The van der Waals surface area contributed by atoms with E-state index in [1.807, 2.05) is 0 Å². The standard InChI is InChI=1S/C14H14FN3O3/c1-21-13-6-5-12(18(19)20)14(17-13)16-8-7-10-3-2-4-11(15)9-10/h2-6,9H,7-8H2,1H3,(H,16,17). The summed E-state index contributed by atoms with van der Waals surface area (Å²) in [5, 5.41) is 13.8. The fourth-order valence-corrected chi connectivity index (χ4v) is 1.84. The molecule has 0 aliphatic carbocycles. The van der Waals surface area contributed by atoms with E-state index < -0.39 is 4.92 Å². The average molecular weight is 291 g/mol. The maximum absolute atomic E-state index is 13.0. The number of hydrogen-bond acceptors (Lipinski definition) is 5. The van der Waals surface area contributed by atoms with E-state index in [4.69, 9.17) is 4.74 Å².